The Morgan fingerprint density at radius 1 is 1.26 bits per heavy atom. The van der Waals surface area contributed by atoms with E-state index in [0.717, 1.165) is 30.6 Å². The van der Waals surface area contributed by atoms with Crippen LogP contribution in [0.4, 0.5) is 4.39 Å². The average molecular weight is 493 g/mol. The third-order valence-corrected chi connectivity index (χ3v) is 6.63. The summed E-state index contributed by atoms with van der Waals surface area (Å²) in [4.78, 5) is 13.5. The van der Waals surface area contributed by atoms with E-state index in [1.807, 2.05) is 12.1 Å². The van der Waals surface area contributed by atoms with Crippen LogP contribution in [0.15, 0.2) is 42.5 Å². The van der Waals surface area contributed by atoms with E-state index in [-0.39, 0.29) is 30.4 Å². The highest BCUT2D eigenvalue weighted by Crippen LogP contribution is 2.26. The van der Waals surface area contributed by atoms with Crippen LogP contribution in [-0.4, -0.2) is 58.5 Å². The fraction of sp³-hybridized carbons (Fsp3) is 0.500. The fourth-order valence-electron chi connectivity index (χ4n) is 4.38. The standard InChI is InChI=1S/C26H34ClFN2O4/c1-17-13-30(14-19-4-6-21(27)7-5-19)18(2)10-23(17)29-15-26(3,33)16-34-24-9-8-22(28)11-20(24)12-25(31)32/h4-9,11,17-18,23,29,33H,10,12-16H2,1-3H3,(H,31,32)/t17-,18-,23-,26?/m0/s1. The van der Waals surface area contributed by atoms with Crippen molar-refractivity contribution in [2.24, 2.45) is 5.92 Å². The van der Waals surface area contributed by atoms with Crippen molar-refractivity contribution >= 4 is 17.6 Å². The van der Waals surface area contributed by atoms with E-state index in [1.165, 1.54) is 17.7 Å². The van der Waals surface area contributed by atoms with Crippen molar-refractivity contribution in [2.45, 2.75) is 57.8 Å². The van der Waals surface area contributed by atoms with Crippen LogP contribution in [0.1, 0.15) is 38.3 Å². The summed E-state index contributed by atoms with van der Waals surface area (Å²) in [6.45, 7) is 8.19. The molecule has 0 bridgehead atoms. The lowest BCUT2D eigenvalue weighted by atomic mass is 9.88. The van der Waals surface area contributed by atoms with Gasteiger partial charge >= 0.3 is 5.97 Å². The van der Waals surface area contributed by atoms with Gasteiger partial charge in [0, 0.05) is 42.3 Å². The predicted octanol–water partition coefficient (Wildman–Crippen LogP) is 4.12. The van der Waals surface area contributed by atoms with Gasteiger partial charge in [0.25, 0.3) is 0 Å². The van der Waals surface area contributed by atoms with Gasteiger partial charge in [-0.3, -0.25) is 9.69 Å². The second-order valence-corrected chi connectivity index (χ2v) is 10.1. The third kappa shape index (κ3) is 7.67. The molecule has 0 saturated carbocycles. The molecule has 34 heavy (non-hydrogen) atoms. The molecule has 2 aromatic carbocycles. The van der Waals surface area contributed by atoms with Gasteiger partial charge in [0.1, 0.15) is 23.8 Å². The minimum Gasteiger partial charge on any atom is -0.490 e. The molecule has 186 valence electrons. The van der Waals surface area contributed by atoms with Gasteiger partial charge in [0.15, 0.2) is 0 Å². The maximum absolute atomic E-state index is 13.5. The SMILES string of the molecule is C[C@H]1CN(Cc2ccc(Cl)cc2)[C@@H](C)C[C@@H]1NCC(C)(O)COc1ccc(F)cc1CC(=O)O. The zero-order chi connectivity index (χ0) is 24.9. The third-order valence-electron chi connectivity index (χ3n) is 6.37. The quantitative estimate of drug-likeness (QED) is 0.463. The normalized spacial score (nSPS) is 22.8. The topological polar surface area (TPSA) is 82.0 Å². The number of rotatable bonds is 10. The lowest BCUT2D eigenvalue weighted by Crippen LogP contribution is -2.55. The van der Waals surface area contributed by atoms with Crippen molar-refractivity contribution in [1.82, 2.24) is 10.2 Å². The first kappa shape index (κ1) is 26.4. The maximum Gasteiger partial charge on any atom is 0.307 e. The molecule has 0 aliphatic carbocycles. The van der Waals surface area contributed by atoms with Crippen molar-refractivity contribution in [3.63, 3.8) is 0 Å². The Morgan fingerprint density at radius 3 is 2.65 bits per heavy atom. The van der Waals surface area contributed by atoms with Crippen molar-refractivity contribution in [3.8, 4) is 5.75 Å². The zero-order valence-electron chi connectivity index (χ0n) is 19.9. The van der Waals surface area contributed by atoms with Crippen LogP contribution >= 0.6 is 11.6 Å². The molecule has 4 atom stereocenters. The van der Waals surface area contributed by atoms with Crippen molar-refractivity contribution in [3.05, 3.63) is 64.4 Å². The van der Waals surface area contributed by atoms with E-state index in [2.05, 4.69) is 36.2 Å². The molecular weight excluding hydrogens is 459 g/mol. The number of carbonyl (C=O) groups is 1. The molecule has 6 nitrogen and oxygen atoms in total. The molecule has 0 aromatic heterocycles. The van der Waals surface area contributed by atoms with Crippen LogP contribution in [0.3, 0.4) is 0 Å². The van der Waals surface area contributed by atoms with Gasteiger partial charge in [-0.15, -0.1) is 0 Å². The molecule has 0 amide bonds. The van der Waals surface area contributed by atoms with Crippen LogP contribution in [0.25, 0.3) is 0 Å². The van der Waals surface area contributed by atoms with E-state index >= 15 is 0 Å². The first-order valence-electron chi connectivity index (χ1n) is 11.6. The van der Waals surface area contributed by atoms with E-state index in [0.29, 0.717) is 18.5 Å². The molecular formula is C26H34ClFN2O4. The lowest BCUT2D eigenvalue weighted by molar-refractivity contribution is -0.136. The van der Waals surface area contributed by atoms with Gasteiger partial charge < -0.3 is 20.3 Å². The molecule has 3 N–H and O–H groups in total. The zero-order valence-corrected chi connectivity index (χ0v) is 20.7. The van der Waals surface area contributed by atoms with Gasteiger partial charge in [-0.2, -0.15) is 0 Å². The Balaban J connectivity index is 1.51. The van der Waals surface area contributed by atoms with Crippen LogP contribution in [0.5, 0.6) is 5.75 Å². The molecule has 1 aliphatic heterocycles. The number of nitrogens with one attached hydrogen (secondary N) is 1. The van der Waals surface area contributed by atoms with E-state index in [4.69, 9.17) is 21.4 Å². The number of hydrogen-bond donors (Lipinski definition) is 3. The average Bonchev–Trinajstić information content (AvgIpc) is 2.76. The summed E-state index contributed by atoms with van der Waals surface area (Å²) in [5.74, 6) is -0.946. The van der Waals surface area contributed by atoms with Gasteiger partial charge in [-0.25, -0.2) is 4.39 Å². The highest BCUT2D eigenvalue weighted by molar-refractivity contribution is 6.30. The lowest BCUT2D eigenvalue weighted by Gasteiger charge is -2.43. The number of piperidine rings is 1. The Hall–Kier alpha value is -2.19. The minimum absolute atomic E-state index is 0.0440. The first-order chi connectivity index (χ1) is 16.0. The number of aliphatic carboxylic acids is 1. The summed E-state index contributed by atoms with van der Waals surface area (Å²) in [7, 11) is 0. The molecule has 1 unspecified atom stereocenters. The van der Waals surface area contributed by atoms with Gasteiger partial charge in [0.05, 0.1) is 6.42 Å². The van der Waals surface area contributed by atoms with Crippen LogP contribution < -0.4 is 10.1 Å². The molecule has 2 aromatic rings. The number of halogens is 2. The van der Waals surface area contributed by atoms with Gasteiger partial charge in [0.2, 0.25) is 0 Å². The van der Waals surface area contributed by atoms with E-state index in [1.54, 1.807) is 6.92 Å². The van der Waals surface area contributed by atoms with Crippen molar-refractivity contribution < 1.29 is 24.1 Å². The molecule has 1 saturated heterocycles. The minimum atomic E-state index is -1.18. The van der Waals surface area contributed by atoms with Crippen LogP contribution in [0.2, 0.25) is 5.02 Å². The number of hydrogen-bond acceptors (Lipinski definition) is 5. The number of ether oxygens (including phenoxy) is 1. The van der Waals surface area contributed by atoms with E-state index < -0.39 is 17.4 Å². The molecule has 1 heterocycles. The summed E-state index contributed by atoms with van der Waals surface area (Å²) >= 11 is 6.00. The van der Waals surface area contributed by atoms with Gasteiger partial charge in [-0.05, 0) is 62.1 Å². The second-order valence-electron chi connectivity index (χ2n) is 9.71. The summed E-state index contributed by atoms with van der Waals surface area (Å²) in [6.07, 6.45) is 0.601. The summed E-state index contributed by atoms with van der Waals surface area (Å²) in [5, 5.41) is 24.1. The van der Waals surface area contributed by atoms with Crippen molar-refractivity contribution in [1.29, 1.82) is 0 Å². The van der Waals surface area contributed by atoms with Crippen LogP contribution in [-0.2, 0) is 17.8 Å². The largest absolute Gasteiger partial charge is 0.490 e. The Bertz CT molecular complexity index is 970. The molecule has 3 rings (SSSR count). The number of nitrogens with zero attached hydrogens (tertiary/aromatic N) is 1. The highest BCUT2D eigenvalue weighted by Gasteiger charge is 2.32. The number of carboxylic acid groups (broad SMARTS) is 1. The Kier molecular flexibility index (Phi) is 8.93. The van der Waals surface area contributed by atoms with Crippen LogP contribution in [0, 0.1) is 11.7 Å². The highest BCUT2D eigenvalue weighted by atomic mass is 35.5. The summed E-state index contributed by atoms with van der Waals surface area (Å²) in [6, 6.07) is 12.3. The number of likely N-dealkylation sites (tertiary alicyclic amines) is 1. The monoisotopic (exact) mass is 492 g/mol. The second kappa shape index (κ2) is 11.5. The maximum atomic E-state index is 13.5. The Labute approximate surface area is 205 Å². The predicted molar refractivity (Wildman–Crippen MR) is 131 cm³/mol. The Morgan fingerprint density at radius 2 is 1.97 bits per heavy atom. The summed E-state index contributed by atoms with van der Waals surface area (Å²) in [5.41, 5.74) is 0.294. The molecule has 0 radical (unpaired) electrons. The van der Waals surface area contributed by atoms with Crippen molar-refractivity contribution in [2.75, 3.05) is 19.7 Å². The number of benzene rings is 2. The van der Waals surface area contributed by atoms with E-state index in [9.17, 15) is 14.3 Å². The fourth-order valence-corrected chi connectivity index (χ4v) is 4.51. The summed E-state index contributed by atoms with van der Waals surface area (Å²) < 4.78 is 19.2. The molecule has 8 heteroatoms. The molecule has 1 aliphatic rings. The van der Waals surface area contributed by atoms with Gasteiger partial charge in [-0.1, -0.05) is 30.7 Å². The molecule has 0 spiro atoms. The smallest absolute Gasteiger partial charge is 0.307 e. The molecule has 1 fully saturated rings. The number of aliphatic hydroxyl groups is 1. The number of carboxylic acids is 1. The first-order valence-corrected chi connectivity index (χ1v) is 12.0.